The molecular weight excluding hydrogens is 204 g/mol. The van der Waals surface area contributed by atoms with E-state index in [1.54, 1.807) is 7.11 Å². The molecule has 1 aliphatic rings. The zero-order valence-electron chi connectivity index (χ0n) is 9.56. The van der Waals surface area contributed by atoms with Gasteiger partial charge in [-0.3, -0.25) is 4.79 Å². The summed E-state index contributed by atoms with van der Waals surface area (Å²) in [4.78, 5) is 13.8. The van der Waals surface area contributed by atoms with Crippen molar-refractivity contribution in [3.8, 4) is 5.75 Å². The summed E-state index contributed by atoms with van der Waals surface area (Å²) in [6, 6.07) is 5.82. The molecule has 0 saturated heterocycles. The molecule has 0 aromatic heterocycles. The predicted molar refractivity (Wildman–Crippen MR) is 63.1 cm³/mol. The van der Waals surface area contributed by atoms with Crippen molar-refractivity contribution in [1.82, 2.24) is 0 Å². The third-order valence-corrected chi connectivity index (χ3v) is 3.07. The third-order valence-electron chi connectivity index (χ3n) is 3.07. The maximum atomic E-state index is 11.7. The zero-order chi connectivity index (χ0) is 11.7. The second-order valence-electron chi connectivity index (χ2n) is 4.03. The number of benzene rings is 1. The van der Waals surface area contributed by atoms with E-state index in [4.69, 9.17) is 10.5 Å². The van der Waals surface area contributed by atoms with Crippen LogP contribution in [0.15, 0.2) is 18.2 Å². The topological polar surface area (TPSA) is 55.6 Å². The fourth-order valence-corrected chi connectivity index (χ4v) is 2.17. The monoisotopic (exact) mass is 220 g/mol. The molecule has 1 aromatic carbocycles. The normalized spacial score (nSPS) is 18.4. The molecule has 86 valence electrons. The van der Waals surface area contributed by atoms with E-state index in [1.807, 2.05) is 25.2 Å². The highest BCUT2D eigenvalue weighted by Crippen LogP contribution is 2.37. The highest BCUT2D eigenvalue weighted by atomic mass is 16.5. The molecule has 4 nitrogen and oxygen atoms in total. The van der Waals surface area contributed by atoms with Crippen LogP contribution in [0.5, 0.6) is 5.75 Å². The van der Waals surface area contributed by atoms with Crippen LogP contribution in [0, 0.1) is 0 Å². The highest BCUT2D eigenvalue weighted by Gasteiger charge is 2.31. The molecule has 1 aromatic rings. The number of anilines is 1. The number of nitrogens with zero attached hydrogens (tertiary/aromatic N) is 1. The number of methoxy groups -OCH3 is 1. The largest absolute Gasteiger partial charge is 0.497 e. The lowest BCUT2D eigenvalue weighted by Crippen LogP contribution is -2.25. The van der Waals surface area contributed by atoms with E-state index in [0.717, 1.165) is 17.0 Å². The Hall–Kier alpha value is -1.55. The van der Waals surface area contributed by atoms with Crippen LogP contribution in [0.1, 0.15) is 11.5 Å². The number of carbonyl (C=O) groups is 1. The van der Waals surface area contributed by atoms with Crippen molar-refractivity contribution in [3.05, 3.63) is 23.8 Å². The van der Waals surface area contributed by atoms with Gasteiger partial charge < -0.3 is 15.4 Å². The van der Waals surface area contributed by atoms with E-state index in [-0.39, 0.29) is 18.2 Å². The Morgan fingerprint density at radius 2 is 2.38 bits per heavy atom. The lowest BCUT2D eigenvalue weighted by Gasteiger charge is -2.11. The first-order chi connectivity index (χ1) is 7.67. The first-order valence-corrected chi connectivity index (χ1v) is 5.29. The van der Waals surface area contributed by atoms with Gasteiger partial charge in [0.1, 0.15) is 5.75 Å². The van der Waals surface area contributed by atoms with E-state index >= 15 is 0 Å². The van der Waals surface area contributed by atoms with E-state index < -0.39 is 0 Å². The molecule has 2 N–H and O–H groups in total. The molecule has 0 spiro atoms. The summed E-state index contributed by atoms with van der Waals surface area (Å²) in [6.07, 6.45) is 0. The average molecular weight is 220 g/mol. The van der Waals surface area contributed by atoms with Gasteiger partial charge in [-0.15, -0.1) is 0 Å². The van der Waals surface area contributed by atoms with Gasteiger partial charge in [-0.1, -0.05) is 0 Å². The van der Waals surface area contributed by atoms with Crippen LogP contribution in [0.25, 0.3) is 0 Å². The van der Waals surface area contributed by atoms with E-state index in [0.29, 0.717) is 6.54 Å². The number of hydrogen-bond donors (Lipinski definition) is 1. The van der Waals surface area contributed by atoms with Crippen LogP contribution in [0.2, 0.25) is 0 Å². The quantitative estimate of drug-likeness (QED) is 0.817. The second-order valence-corrected chi connectivity index (χ2v) is 4.03. The Morgan fingerprint density at radius 3 is 3.00 bits per heavy atom. The van der Waals surface area contributed by atoms with Crippen molar-refractivity contribution in [1.29, 1.82) is 0 Å². The molecule has 1 heterocycles. The van der Waals surface area contributed by atoms with Gasteiger partial charge in [0, 0.05) is 19.3 Å². The van der Waals surface area contributed by atoms with Crippen LogP contribution in [-0.2, 0) is 4.79 Å². The lowest BCUT2D eigenvalue weighted by molar-refractivity contribution is -0.118. The minimum Gasteiger partial charge on any atom is -0.497 e. The van der Waals surface area contributed by atoms with Gasteiger partial charge in [0.25, 0.3) is 0 Å². The van der Waals surface area contributed by atoms with Gasteiger partial charge in [-0.25, -0.2) is 0 Å². The van der Waals surface area contributed by atoms with Crippen molar-refractivity contribution >= 4 is 11.5 Å². The fourth-order valence-electron chi connectivity index (χ4n) is 2.17. The number of ether oxygens (including phenoxy) is 1. The molecule has 0 saturated carbocycles. The van der Waals surface area contributed by atoms with Crippen LogP contribution in [0.4, 0.5) is 5.69 Å². The Morgan fingerprint density at radius 1 is 1.62 bits per heavy atom. The molecule has 0 radical (unpaired) electrons. The Balaban J connectivity index is 2.42. The standard InChI is InChI=1S/C12H16N2O2/c1-14-7-10(12(15)6-13)9-5-8(16-2)3-4-11(9)14/h3-5,10H,6-7,13H2,1-2H3. The van der Waals surface area contributed by atoms with Gasteiger partial charge in [-0.05, 0) is 23.8 Å². The maximum Gasteiger partial charge on any atom is 0.155 e. The number of Topliss-reactive ketones (excluding diaryl/α,β-unsaturated/α-hetero) is 1. The first kappa shape index (κ1) is 11.0. The molecule has 0 bridgehead atoms. The summed E-state index contributed by atoms with van der Waals surface area (Å²) in [6.45, 7) is 0.799. The van der Waals surface area contributed by atoms with E-state index in [2.05, 4.69) is 4.90 Å². The smallest absolute Gasteiger partial charge is 0.155 e. The predicted octanol–water partition coefficient (Wildman–Crippen LogP) is 0.756. The summed E-state index contributed by atoms with van der Waals surface area (Å²) in [5.41, 5.74) is 7.54. The highest BCUT2D eigenvalue weighted by molar-refractivity contribution is 5.91. The molecule has 1 aliphatic heterocycles. The maximum absolute atomic E-state index is 11.7. The van der Waals surface area contributed by atoms with Crippen molar-refractivity contribution in [3.63, 3.8) is 0 Å². The summed E-state index contributed by atoms with van der Waals surface area (Å²) < 4.78 is 5.18. The zero-order valence-corrected chi connectivity index (χ0v) is 9.56. The summed E-state index contributed by atoms with van der Waals surface area (Å²) in [5, 5.41) is 0. The van der Waals surface area contributed by atoms with Crippen LogP contribution < -0.4 is 15.4 Å². The number of carbonyl (C=O) groups excluding carboxylic acids is 1. The van der Waals surface area contributed by atoms with Crippen LogP contribution in [-0.4, -0.2) is 33.0 Å². The molecule has 1 unspecified atom stereocenters. The Bertz CT molecular complexity index is 417. The van der Waals surface area contributed by atoms with Gasteiger partial charge in [0.05, 0.1) is 19.6 Å². The van der Waals surface area contributed by atoms with Crippen LogP contribution >= 0.6 is 0 Å². The van der Waals surface area contributed by atoms with Crippen molar-refractivity contribution < 1.29 is 9.53 Å². The fraction of sp³-hybridized carbons (Fsp3) is 0.417. The molecule has 0 amide bonds. The number of rotatable bonds is 3. The number of hydrogen-bond acceptors (Lipinski definition) is 4. The summed E-state index contributed by atoms with van der Waals surface area (Å²) >= 11 is 0. The van der Waals surface area contributed by atoms with E-state index in [9.17, 15) is 4.79 Å². The summed E-state index contributed by atoms with van der Waals surface area (Å²) in [7, 11) is 3.61. The van der Waals surface area contributed by atoms with Gasteiger partial charge in [0.15, 0.2) is 5.78 Å². The molecule has 1 atom stereocenters. The van der Waals surface area contributed by atoms with Crippen LogP contribution in [0.3, 0.4) is 0 Å². The number of fused-ring (bicyclic) bond motifs is 1. The number of ketones is 1. The van der Waals surface area contributed by atoms with Crippen molar-refractivity contribution in [2.45, 2.75) is 5.92 Å². The first-order valence-electron chi connectivity index (χ1n) is 5.29. The minimum atomic E-state index is -0.111. The molecule has 0 fully saturated rings. The van der Waals surface area contributed by atoms with Crippen molar-refractivity contribution in [2.75, 3.05) is 32.1 Å². The van der Waals surface area contributed by atoms with E-state index in [1.165, 1.54) is 0 Å². The van der Waals surface area contributed by atoms with Gasteiger partial charge in [0.2, 0.25) is 0 Å². The Labute approximate surface area is 95.0 Å². The number of likely N-dealkylation sites (N-methyl/N-ethyl adjacent to an activating group) is 1. The van der Waals surface area contributed by atoms with Gasteiger partial charge >= 0.3 is 0 Å². The lowest BCUT2D eigenvalue weighted by atomic mass is 9.96. The Kier molecular flexibility index (Phi) is 2.83. The SMILES string of the molecule is COc1ccc2c(c1)C(C(=O)CN)CN2C. The molecular formula is C12H16N2O2. The molecule has 0 aliphatic carbocycles. The molecule has 4 heteroatoms. The molecule has 16 heavy (non-hydrogen) atoms. The second kappa shape index (κ2) is 4.14. The number of nitrogens with two attached hydrogens (primary N) is 1. The summed E-state index contributed by atoms with van der Waals surface area (Å²) in [5.74, 6) is 0.753. The molecule has 2 rings (SSSR count). The minimum absolute atomic E-state index is 0.0823. The van der Waals surface area contributed by atoms with Crippen molar-refractivity contribution in [2.24, 2.45) is 5.73 Å². The average Bonchev–Trinajstić information content (AvgIpc) is 2.65. The third kappa shape index (κ3) is 1.65. The van der Waals surface area contributed by atoms with Gasteiger partial charge in [-0.2, -0.15) is 0 Å².